The van der Waals surface area contributed by atoms with Crippen LogP contribution in [0.25, 0.3) is 10.4 Å². The first-order chi connectivity index (χ1) is 10.1. The SMILES string of the molecule is CCOC(=O)C1Nc2ccc(OC)cc2C(N=[N+]=[N-])C1C. The standard InChI is InChI=1S/C14H18N4O3/c1-4-21-14(19)13-8(2)12(17-18-15)10-7-9(20-3)5-6-11(10)16-13/h5-8,12-13,16H,4H2,1-3H3. The Labute approximate surface area is 122 Å². The number of anilines is 1. The first kappa shape index (κ1) is 15.0. The van der Waals surface area contributed by atoms with Gasteiger partial charge >= 0.3 is 5.97 Å². The fourth-order valence-electron chi connectivity index (χ4n) is 2.54. The van der Waals surface area contributed by atoms with Crippen molar-refractivity contribution in [2.75, 3.05) is 19.0 Å². The minimum atomic E-state index is -0.540. The number of carbonyl (C=O) groups is 1. The number of benzene rings is 1. The van der Waals surface area contributed by atoms with Crippen LogP contribution in [-0.4, -0.2) is 25.7 Å². The summed E-state index contributed by atoms with van der Waals surface area (Å²) in [6.45, 7) is 3.93. The van der Waals surface area contributed by atoms with Crippen LogP contribution in [0.15, 0.2) is 23.3 Å². The first-order valence-corrected chi connectivity index (χ1v) is 6.77. The number of fused-ring (bicyclic) bond motifs is 1. The fraction of sp³-hybridized carbons (Fsp3) is 0.500. The molecular weight excluding hydrogens is 272 g/mol. The Morgan fingerprint density at radius 2 is 2.29 bits per heavy atom. The summed E-state index contributed by atoms with van der Waals surface area (Å²) >= 11 is 0. The second-order valence-electron chi connectivity index (χ2n) is 4.84. The molecule has 1 aromatic rings. The molecular formula is C14H18N4O3. The summed E-state index contributed by atoms with van der Waals surface area (Å²) in [5.41, 5.74) is 10.4. The van der Waals surface area contributed by atoms with E-state index in [1.807, 2.05) is 19.1 Å². The number of hydrogen-bond acceptors (Lipinski definition) is 5. The van der Waals surface area contributed by atoms with Crippen molar-refractivity contribution >= 4 is 11.7 Å². The summed E-state index contributed by atoms with van der Waals surface area (Å²) in [4.78, 5) is 15.0. The van der Waals surface area contributed by atoms with Crippen LogP contribution in [0, 0.1) is 5.92 Å². The predicted octanol–water partition coefficient (Wildman–Crippen LogP) is 3.04. The molecule has 0 fully saturated rings. The van der Waals surface area contributed by atoms with E-state index in [1.54, 1.807) is 20.1 Å². The summed E-state index contributed by atoms with van der Waals surface area (Å²) in [7, 11) is 1.57. The number of hydrogen-bond donors (Lipinski definition) is 1. The monoisotopic (exact) mass is 290 g/mol. The highest BCUT2D eigenvalue weighted by atomic mass is 16.5. The number of nitrogens with one attached hydrogen (secondary N) is 1. The molecule has 0 aliphatic carbocycles. The van der Waals surface area contributed by atoms with Crippen LogP contribution in [0.5, 0.6) is 5.75 Å². The Morgan fingerprint density at radius 1 is 1.52 bits per heavy atom. The van der Waals surface area contributed by atoms with Crippen molar-refractivity contribution < 1.29 is 14.3 Å². The lowest BCUT2D eigenvalue weighted by atomic mass is 9.84. The molecule has 1 aromatic carbocycles. The van der Waals surface area contributed by atoms with Gasteiger partial charge in [0.15, 0.2) is 0 Å². The van der Waals surface area contributed by atoms with Crippen LogP contribution < -0.4 is 10.1 Å². The number of methoxy groups -OCH3 is 1. The van der Waals surface area contributed by atoms with E-state index in [1.165, 1.54) is 0 Å². The number of esters is 1. The topological polar surface area (TPSA) is 96.3 Å². The van der Waals surface area contributed by atoms with Gasteiger partial charge in [-0.1, -0.05) is 12.0 Å². The molecule has 7 heteroatoms. The molecule has 112 valence electrons. The zero-order chi connectivity index (χ0) is 15.4. The summed E-state index contributed by atoms with van der Waals surface area (Å²) in [6, 6.07) is 4.43. The third kappa shape index (κ3) is 2.87. The molecule has 0 spiro atoms. The largest absolute Gasteiger partial charge is 0.497 e. The van der Waals surface area contributed by atoms with Crippen LogP contribution >= 0.6 is 0 Å². The van der Waals surface area contributed by atoms with E-state index in [0.717, 1.165) is 11.3 Å². The molecule has 0 aromatic heterocycles. The maximum absolute atomic E-state index is 12.0. The minimum absolute atomic E-state index is 0.223. The molecule has 1 heterocycles. The highest BCUT2D eigenvalue weighted by molar-refractivity contribution is 5.81. The van der Waals surface area contributed by atoms with Crippen LogP contribution in [0.3, 0.4) is 0 Å². The Morgan fingerprint density at radius 3 is 2.90 bits per heavy atom. The Bertz CT molecular complexity index is 584. The lowest BCUT2D eigenvalue weighted by molar-refractivity contribution is -0.145. The van der Waals surface area contributed by atoms with Crippen molar-refractivity contribution in [1.29, 1.82) is 0 Å². The van der Waals surface area contributed by atoms with E-state index >= 15 is 0 Å². The Balaban J connectivity index is 2.43. The Hall–Kier alpha value is -2.40. The van der Waals surface area contributed by atoms with Crippen LogP contribution in [0.1, 0.15) is 25.5 Å². The van der Waals surface area contributed by atoms with Crippen molar-refractivity contribution in [3.05, 3.63) is 34.2 Å². The van der Waals surface area contributed by atoms with Crippen molar-refractivity contribution in [1.82, 2.24) is 0 Å². The van der Waals surface area contributed by atoms with Gasteiger partial charge in [-0.15, -0.1) is 0 Å². The molecule has 7 nitrogen and oxygen atoms in total. The molecule has 0 amide bonds. The van der Waals surface area contributed by atoms with Crippen molar-refractivity contribution in [2.24, 2.45) is 11.0 Å². The Kier molecular flexibility index (Phi) is 4.55. The van der Waals surface area contributed by atoms with E-state index in [2.05, 4.69) is 15.3 Å². The zero-order valence-electron chi connectivity index (χ0n) is 12.2. The molecule has 2 rings (SSSR count). The quantitative estimate of drug-likeness (QED) is 0.399. The minimum Gasteiger partial charge on any atom is -0.497 e. The molecule has 0 saturated heterocycles. The van der Waals surface area contributed by atoms with Crippen molar-refractivity contribution in [3.8, 4) is 5.75 Å². The maximum Gasteiger partial charge on any atom is 0.328 e. The summed E-state index contributed by atoms with van der Waals surface area (Å²) in [5, 5.41) is 7.01. The number of ether oxygens (including phenoxy) is 2. The molecule has 0 saturated carbocycles. The zero-order valence-corrected chi connectivity index (χ0v) is 12.2. The van der Waals surface area contributed by atoms with E-state index in [0.29, 0.717) is 12.4 Å². The second-order valence-corrected chi connectivity index (χ2v) is 4.84. The highest BCUT2D eigenvalue weighted by Gasteiger charge is 2.38. The lowest BCUT2D eigenvalue weighted by Crippen LogP contribution is -2.42. The lowest BCUT2D eigenvalue weighted by Gasteiger charge is -2.35. The van der Waals surface area contributed by atoms with E-state index < -0.39 is 12.1 Å². The molecule has 3 unspecified atom stereocenters. The molecule has 0 bridgehead atoms. The first-order valence-electron chi connectivity index (χ1n) is 6.77. The van der Waals surface area contributed by atoms with Gasteiger partial charge in [0.1, 0.15) is 11.8 Å². The van der Waals surface area contributed by atoms with Gasteiger partial charge in [0.25, 0.3) is 0 Å². The van der Waals surface area contributed by atoms with Crippen molar-refractivity contribution in [2.45, 2.75) is 25.9 Å². The van der Waals surface area contributed by atoms with Gasteiger partial charge in [-0.25, -0.2) is 4.79 Å². The van der Waals surface area contributed by atoms with Gasteiger partial charge in [0.2, 0.25) is 0 Å². The van der Waals surface area contributed by atoms with Crippen LogP contribution in [-0.2, 0) is 9.53 Å². The predicted molar refractivity (Wildman–Crippen MR) is 78.1 cm³/mol. The average molecular weight is 290 g/mol. The second kappa shape index (κ2) is 6.37. The normalized spacial score (nSPS) is 23.3. The van der Waals surface area contributed by atoms with Crippen molar-refractivity contribution in [3.63, 3.8) is 0 Å². The maximum atomic E-state index is 12.0. The van der Waals surface area contributed by atoms with Gasteiger partial charge < -0.3 is 14.8 Å². The van der Waals surface area contributed by atoms with Gasteiger partial charge in [0.05, 0.1) is 19.8 Å². The highest BCUT2D eigenvalue weighted by Crippen LogP contribution is 2.41. The number of carbonyl (C=O) groups excluding carboxylic acids is 1. The third-order valence-corrected chi connectivity index (χ3v) is 3.63. The molecule has 3 atom stereocenters. The van der Waals surface area contributed by atoms with E-state index in [9.17, 15) is 4.79 Å². The van der Waals surface area contributed by atoms with Gasteiger partial charge in [-0.2, -0.15) is 0 Å². The fourth-order valence-corrected chi connectivity index (χ4v) is 2.54. The molecule has 0 radical (unpaired) electrons. The van der Waals surface area contributed by atoms with E-state index in [4.69, 9.17) is 15.0 Å². The third-order valence-electron chi connectivity index (χ3n) is 3.63. The van der Waals surface area contributed by atoms with Gasteiger partial charge in [-0.05, 0) is 42.1 Å². The number of nitrogens with zero attached hydrogens (tertiary/aromatic N) is 3. The summed E-state index contributed by atoms with van der Waals surface area (Å²) < 4.78 is 10.3. The molecule has 1 N–H and O–H groups in total. The summed E-state index contributed by atoms with van der Waals surface area (Å²) in [5.74, 6) is 0.111. The molecule has 1 aliphatic heterocycles. The number of rotatable bonds is 4. The number of azide groups is 1. The smallest absolute Gasteiger partial charge is 0.328 e. The summed E-state index contributed by atoms with van der Waals surface area (Å²) in [6.07, 6.45) is 0. The van der Waals surface area contributed by atoms with Gasteiger partial charge in [-0.3, -0.25) is 0 Å². The van der Waals surface area contributed by atoms with Gasteiger partial charge in [0, 0.05) is 10.6 Å². The average Bonchev–Trinajstić information content (AvgIpc) is 2.49. The van der Waals surface area contributed by atoms with Crippen LogP contribution in [0.2, 0.25) is 0 Å². The molecule has 1 aliphatic rings. The van der Waals surface area contributed by atoms with Crippen LogP contribution in [0.4, 0.5) is 5.69 Å². The molecule has 21 heavy (non-hydrogen) atoms. The van der Waals surface area contributed by atoms with E-state index in [-0.39, 0.29) is 11.9 Å².